The molecule has 0 heterocycles. The van der Waals surface area contributed by atoms with E-state index in [1.807, 2.05) is 0 Å². The molecule has 43 valence electrons. The zero-order chi connectivity index (χ0) is 6.08. The fourth-order valence-corrected chi connectivity index (χ4v) is 0. The van der Waals surface area contributed by atoms with Gasteiger partial charge in [0.25, 0.3) is 0 Å². The molecular formula is C6H15N+. The van der Waals surface area contributed by atoms with Gasteiger partial charge in [-0.05, 0) is 20.8 Å². The zero-order valence-corrected chi connectivity index (χ0v) is 5.95. The number of rotatable bonds is 0. The molecule has 0 fully saturated rings. The van der Waals surface area contributed by atoms with Gasteiger partial charge in [-0.1, -0.05) is 0 Å². The SMILES string of the molecule is C[N+](C)C(C)(C)C. The van der Waals surface area contributed by atoms with Crippen LogP contribution in [0.25, 0.3) is 0 Å². The van der Waals surface area contributed by atoms with E-state index in [2.05, 4.69) is 39.8 Å². The highest BCUT2D eigenvalue weighted by molar-refractivity contribution is 4.72. The molecule has 0 bridgehead atoms. The fourth-order valence-electron chi connectivity index (χ4n) is 0. The Bertz CT molecular complexity index is 49.7. The summed E-state index contributed by atoms with van der Waals surface area (Å²) in [5.74, 6) is 0. The normalized spacial score (nSPS) is 12.9. The molecule has 0 aliphatic rings. The van der Waals surface area contributed by atoms with Gasteiger partial charge in [-0.15, -0.1) is 0 Å². The Morgan fingerprint density at radius 1 is 1.00 bits per heavy atom. The highest BCUT2D eigenvalue weighted by atomic mass is 15.1. The van der Waals surface area contributed by atoms with Crippen molar-refractivity contribution in [2.75, 3.05) is 14.1 Å². The van der Waals surface area contributed by atoms with E-state index in [4.69, 9.17) is 0 Å². The minimum absolute atomic E-state index is 0.333. The maximum Gasteiger partial charge on any atom is 0.133 e. The maximum absolute atomic E-state index is 2.19. The van der Waals surface area contributed by atoms with Gasteiger partial charge in [0.2, 0.25) is 0 Å². The quantitative estimate of drug-likeness (QED) is 0.404. The minimum atomic E-state index is 0.333. The van der Waals surface area contributed by atoms with Gasteiger partial charge in [0, 0.05) is 0 Å². The summed E-state index contributed by atoms with van der Waals surface area (Å²) in [6.07, 6.45) is 0. The second kappa shape index (κ2) is 1.83. The molecule has 0 aliphatic carbocycles. The molecule has 0 amide bonds. The molecule has 0 unspecified atom stereocenters. The first kappa shape index (κ1) is 6.96. The van der Waals surface area contributed by atoms with Crippen LogP contribution < -0.4 is 4.90 Å². The largest absolute Gasteiger partial charge is 0.171 e. The van der Waals surface area contributed by atoms with Crippen molar-refractivity contribution in [2.24, 2.45) is 0 Å². The van der Waals surface area contributed by atoms with E-state index in [0.29, 0.717) is 5.54 Å². The molecule has 0 aromatic heterocycles. The predicted molar refractivity (Wildman–Crippen MR) is 33.7 cm³/mol. The number of hydrogen-bond donors (Lipinski definition) is 0. The summed E-state index contributed by atoms with van der Waals surface area (Å²) in [4.78, 5) is 2.19. The van der Waals surface area contributed by atoms with Crippen molar-refractivity contribution in [3.8, 4) is 0 Å². The van der Waals surface area contributed by atoms with Crippen molar-refractivity contribution >= 4 is 0 Å². The van der Waals surface area contributed by atoms with E-state index in [-0.39, 0.29) is 0 Å². The van der Waals surface area contributed by atoms with Gasteiger partial charge in [0.1, 0.15) is 19.6 Å². The summed E-state index contributed by atoms with van der Waals surface area (Å²) in [6.45, 7) is 6.56. The molecule has 0 rings (SSSR count). The van der Waals surface area contributed by atoms with E-state index < -0.39 is 0 Å². The molecule has 0 aromatic rings. The van der Waals surface area contributed by atoms with Crippen LogP contribution in [0, 0.1) is 0 Å². The highest BCUT2D eigenvalue weighted by Crippen LogP contribution is 2.02. The number of hydrogen-bond acceptors (Lipinski definition) is 1. The minimum Gasteiger partial charge on any atom is -0.171 e. The third-order valence-electron chi connectivity index (χ3n) is 1.34. The van der Waals surface area contributed by atoms with Crippen LogP contribution in [-0.2, 0) is 0 Å². The van der Waals surface area contributed by atoms with Crippen molar-refractivity contribution in [3.63, 3.8) is 0 Å². The van der Waals surface area contributed by atoms with Crippen LogP contribution in [0.2, 0.25) is 0 Å². The summed E-state index contributed by atoms with van der Waals surface area (Å²) < 4.78 is 0. The van der Waals surface area contributed by atoms with Crippen molar-refractivity contribution in [2.45, 2.75) is 26.3 Å². The van der Waals surface area contributed by atoms with Crippen molar-refractivity contribution in [1.82, 2.24) is 4.90 Å². The summed E-state index contributed by atoms with van der Waals surface area (Å²) in [5, 5.41) is 0. The second-order valence-electron chi connectivity index (χ2n) is 3.07. The van der Waals surface area contributed by atoms with Gasteiger partial charge in [-0.25, -0.2) is 0 Å². The molecule has 1 heteroatoms. The monoisotopic (exact) mass is 101 g/mol. The molecule has 1 radical (unpaired) electrons. The first-order chi connectivity index (χ1) is 2.94. The van der Waals surface area contributed by atoms with Crippen molar-refractivity contribution in [1.29, 1.82) is 0 Å². The Morgan fingerprint density at radius 2 is 1.14 bits per heavy atom. The Labute approximate surface area is 46.3 Å². The van der Waals surface area contributed by atoms with Gasteiger partial charge in [0.15, 0.2) is 0 Å². The van der Waals surface area contributed by atoms with Gasteiger partial charge in [-0.2, -0.15) is 4.90 Å². The Morgan fingerprint density at radius 3 is 1.14 bits per heavy atom. The molecule has 0 saturated carbocycles. The van der Waals surface area contributed by atoms with Crippen LogP contribution in [0.4, 0.5) is 0 Å². The van der Waals surface area contributed by atoms with E-state index in [0.717, 1.165) is 0 Å². The lowest BCUT2D eigenvalue weighted by Crippen LogP contribution is -2.39. The predicted octanol–water partition coefficient (Wildman–Crippen LogP) is 1.18. The van der Waals surface area contributed by atoms with Crippen molar-refractivity contribution < 1.29 is 0 Å². The van der Waals surface area contributed by atoms with Crippen LogP contribution in [-0.4, -0.2) is 19.6 Å². The molecule has 0 saturated heterocycles. The van der Waals surface area contributed by atoms with Crippen LogP contribution in [0.5, 0.6) is 0 Å². The van der Waals surface area contributed by atoms with Gasteiger partial charge in [0.05, 0.1) is 0 Å². The summed E-state index contributed by atoms with van der Waals surface area (Å²) >= 11 is 0. The third kappa shape index (κ3) is 2.63. The first-order valence-corrected chi connectivity index (χ1v) is 2.62. The Hall–Kier alpha value is -0.0400. The zero-order valence-electron chi connectivity index (χ0n) is 5.95. The van der Waals surface area contributed by atoms with E-state index >= 15 is 0 Å². The molecule has 0 atom stereocenters. The van der Waals surface area contributed by atoms with Crippen molar-refractivity contribution in [3.05, 3.63) is 0 Å². The summed E-state index contributed by atoms with van der Waals surface area (Å²) in [7, 11) is 4.17. The lowest BCUT2D eigenvalue weighted by Gasteiger charge is -2.16. The molecule has 7 heavy (non-hydrogen) atoms. The maximum atomic E-state index is 2.19. The molecule has 0 spiro atoms. The van der Waals surface area contributed by atoms with Gasteiger partial charge in [-0.3, -0.25) is 0 Å². The first-order valence-electron chi connectivity index (χ1n) is 2.62. The molecule has 0 aromatic carbocycles. The number of nitrogens with zero attached hydrogens (tertiary/aromatic N) is 1. The van der Waals surface area contributed by atoms with Gasteiger partial charge >= 0.3 is 0 Å². The average molecular weight is 101 g/mol. The van der Waals surface area contributed by atoms with E-state index in [1.165, 1.54) is 0 Å². The lowest BCUT2D eigenvalue weighted by molar-refractivity contribution is 0.331. The lowest BCUT2D eigenvalue weighted by atomic mass is 10.1. The average Bonchev–Trinajstić information content (AvgIpc) is 1.31. The molecule has 0 aliphatic heterocycles. The highest BCUT2D eigenvalue weighted by Gasteiger charge is 2.20. The molecule has 1 nitrogen and oxygen atoms in total. The van der Waals surface area contributed by atoms with Crippen LogP contribution in [0.15, 0.2) is 0 Å². The summed E-state index contributed by atoms with van der Waals surface area (Å²) in [5.41, 5.74) is 0.333. The van der Waals surface area contributed by atoms with E-state index in [9.17, 15) is 0 Å². The van der Waals surface area contributed by atoms with Crippen LogP contribution in [0.1, 0.15) is 20.8 Å². The molecule has 0 N–H and O–H groups in total. The Kier molecular flexibility index (Phi) is 1.82. The smallest absolute Gasteiger partial charge is 0.133 e. The Balaban J connectivity index is 3.54. The van der Waals surface area contributed by atoms with Crippen LogP contribution in [0.3, 0.4) is 0 Å². The van der Waals surface area contributed by atoms with Crippen LogP contribution >= 0.6 is 0 Å². The fraction of sp³-hybridized carbons (Fsp3) is 1.00. The second-order valence-corrected chi connectivity index (χ2v) is 3.07. The topological polar surface area (TPSA) is 5.90 Å². The standard InChI is InChI=1S/C6H15N/c1-6(2,3)7(4)5/h1-5H3/q+1. The molecular weight excluding hydrogens is 86.1 g/mol. The third-order valence-corrected chi connectivity index (χ3v) is 1.34. The summed E-state index contributed by atoms with van der Waals surface area (Å²) in [6, 6.07) is 0. The van der Waals surface area contributed by atoms with E-state index in [1.54, 1.807) is 0 Å². The van der Waals surface area contributed by atoms with Gasteiger partial charge < -0.3 is 0 Å².